The first-order valence-corrected chi connectivity index (χ1v) is 9.58. The minimum Gasteiger partial charge on any atom is -0.369 e. The zero-order valence-electron chi connectivity index (χ0n) is 15.7. The Bertz CT molecular complexity index is 776. The largest absolute Gasteiger partial charge is 0.369 e. The molecular weight excluding hydrogens is 330 g/mol. The number of hydrogen-bond acceptors (Lipinski definition) is 4. The molecule has 4 rings (SSSR count). The van der Waals surface area contributed by atoms with Crippen molar-refractivity contribution < 1.29 is 9.53 Å². The van der Waals surface area contributed by atoms with Crippen LogP contribution in [0, 0.1) is 5.92 Å². The van der Waals surface area contributed by atoms with Gasteiger partial charge in [0.25, 0.3) is 5.91 Å². The molecule has 0 spiro atoms. The molecule has 1 aliphatic carbocycles. The number of carbonyl (C=O) groups excluding carboxylic acids is 1. The van der Waals surface area contributed by atoms with Gasteiger partial charge in [-0.05, 0) is 45.6 Å². The Balaban J connectivity index is 1.43. The van der Waals surface area contributed by atoms with Crippen LogP contribution in [0.3, 0.4) is 0 Å². The van der Waals surface area contributed by atoms with E-state index in [1.165, 1.54) is 0 Å². The molecule has 140 valence electrons. The molecular formula is C19H27N5O2. The summed E-state index contributed by atoms with van der Waals surface area (Å²) in [5, 5.41) is 12.1. The number of hydrogen-bond donors (Lipinski definition) is 1. The first kappa shape index (κ1) is 17.3. The average molecular weight is 357 g/mol. The van der Waals surface area contributed by atoms with E-state index in [4.69, 9.17) is 4.74 Å². The van der Waals surface area contributed by atoms with Crippen molar-refractivity contribution in [3.63, 3.8) is 0 Å². The van der Waals surface area contributed by atoms with Gasteiger partial charge in [-0.15, -0.1) is 0 Å². The molecule has 2 aromatic rings. The maximum absolute atomic E-state index is 13.0. The van der Waals surface area contributed by atoms with Crippen LogP contribution in [0.5, 0.6) is 0 Å². The molecule has 1 N–H and O–H groups in total. The maximum Gasteiger partial charge on any atom is 0.270 e. The summed E-state index contributed by atoms with van der Waals surface area (Å²) in [6.07, 6.45) is 6.60. The molecule has 2 atom stereocenters. The van der Waals surface area contributed by atoms with E-state index in [9.17, 15) is 4.79 Å². The van der Waals surface area contributed by atoms with Crippen LogP contribution in [0.1, 0.15) is 61.5 Å². The zero-order chi connectivity index (χ0) is 18.3. The molecule has 0 unspecified atom stereocenters. The summed E-state index contributed by atoms with van der Waals surface area (Å²) in [5.74, 6) is 0.586. The number of rotatable bonds is 5. The normalized spacial score (nSPS) is 27.7. The Morgan fingerprint density at radius 2 is 2.19 bits per heavy atom. The molecule has 0 aromatic carbocycles. The van der Waals surface area contributed by atoms with Crippen molar-refractivity contribution in [1.29, 1.82) is 0 Å². The zero-order valence-corrected chi connectivity index (χ0v) is 15.7. The van der Waals surface area contributed by atoms with Gasteiger partial charge in [-0.2, -0.15) is 10.2 Å². The molecule has 1 fully saturated rings. The third kappa shape index (κ3) is 3.16. The van der Waals surface area contributed by atoms with Crippen LogP contribution in [0.4, 0.5) is 0 Å². The first-order valence-electron chi connectivity index (χ1n) is 9.58. The predicted molar refractivity (Wildman–Crippen MR) is 96.8 cm³/mol. The number of nitrogens with one attached hydrogen (secondary N) is 1. The van der Waals surface area contributed by atoms with E-state index in [0.29, 0.717) is 12.5 Å². The quantitative estimate of drug-likeness (QED) is 0.891. The standard InChI is InChI=1S/C19H27N5O2/c1-4-24-18(16-8-12(2)26-13(3)17(16)22-24)19(25)21-15-9-14(10-15)11-23-7-5-6-20-23/h5-7,12-15H,4,8-11H2,1-3H3,(H,21,25)/t12-,13+,14?,15?/m0/s1. The lowest BCUT2D eigenvalue weighted by atomic mass is 9.80. The Morgan fingerprint density at radius 1 is 1.38 bits per heavy atom. The summed E-state index contributed by atoms with van der Waals surface area (Å²) in [4.78, 5) is 13.0. The molecule has 7 heteroatoms. The van der Waals surface area contributed by atoms with Crippen molar-refractivity contribution in [2.75, 3.05) is 0 Å². The number of amides is 1. The fourth-order valence-corrected chi connectivity index (χ4v) is 4.21. The maximum atomic E-state index is 13.0. The van der Waals surface area contributed by atoms with Crippen molar-refractivity contribution >= 4 is 5.91 Å². The summed E-state index contributed by atoms with van der Waals surface area (Å²) in [6.45, 7) is 7.69. The van der Waals surface area contributed by atoms with Gasteiger partial charge in [-0.25, -0.2) is 0 Å². The second kappa shape index (κ2) is 6.87. The highest BCUT2D eigenvalue weighted by molar-refractivity contribution is 5.94. The van der Waals surface area contributed by atoms with Crippen LogP contribution in [0.2, 0.25) is 0 Å². The van der Waals surface area contributed by atoms with Crippen LogP contribution in [0.25, 0.3) is 0 Å². The smallest absolute Gasteiger partial charge is 0.270 e. The van der Waals surface area contributed by atoms with Crippen molar-refractivity contribution in [3.05, 3.63) is 35.4 Å². The monoisotopic (exact) mass is 357 g/mol. The van der Waals surface area contributed by atoms with Gasteiger partial charge in [-0.3, -0.25) is 14.2 Å². The van der Waals surface area contributed by atoms with Crippen LogP contribution in [0.15, 0.2) is 18.5 Å². The minimum absolute atomic E-state index is 0.00411. The van der Waals surface area contributed by atoms with Crippen LogP contribution in [-0.4, -0.2) is 37.6 Å². The molecule has 0 saturated heterocycles. The number of aromatic nitrogens is 4. The Kier molecular flexibility index (Phi) is 4.56. The number of carbonyl (C=O) groups is 1. The fourth-order valence-electron chi connectivity index (χ4n) is 4.21. The van der Waals surface area contributed by atoms with Crippen molar-refractivity contribution in [1.82, 2.24) is 24.9 Å². The molecule has 2 aliphatic rings. The number of aryl methyl sites for hydroxylation is 1. The van der Waals surface area contributed by atoms with E-state index in [0.717, 1.165) is 42.8 Å². The van der Waals surface area contributed by atoms with Crippen molar-refractivity contribution in [2.24, 2.45) is 5.92 Å². The lowest BCUT2D eigenvalue weighted by Gasteiger charge is -2.36. The number of fused-ring (bicyclic) bond motifs is 1. The topological polar surface area (TPSA) is 74.0 Å². The molecule has 1 amide bonds. The Morgan fingerprint density at radius 3 is 2.88 bits per heavy atom. The van der Waals surface area contributed by atoms with E-state index >= 15 is 0 Å². The summed E-state index contributed by atoms with van der Waals surface area (Å²) in [7, 11) is 0. The summed E-state index contributed by atoms with van der Waals surface area (Å²) in [6, 6.07) is 2.19. The molecule has 3 heterocycles. The average Bonchev–Trinajstić information content (AvgIpc) is 3.19. The Hall–Kier alpha value is -2.15. The van der Waals surface area contributed by atoms with Gasteiger partial charge in [0.05, 0.1) is 17.9 Å². The van der Waals surface area contributed by atoms with Gasteiger partial charge < -0.3 is 10.1 Å². The molecule has 0 radical (unpaired) electrons. The van der Waals surface area contributed by atoms with Gasteiger partial charge in [0, 0.05) is 43.5 Å². The predicted octanol–water partition coefficient (Wildman–Crippen LogP) is 2.33. The van der Waals surface area contributed by atoms with E-state index in [2.05, 4.69) is 22.4 Å². The highest BCUT2D eigenvalue weighted by Crippen LogP contribution is 2.33. The molecule has 7 nitrogen and oxygen atoms in total. The first-order chi connectivity index (χ1) is 12.5. The SMILES string of the molecule is CCn1nc2c(c1C(=O)NC1CC(Cn3cccn3)C1)C[C@H](C)O[C@@H]2C. The van der Waals surface area contributed by atoms with Crippen molar-refractivity contribution in [3.8, 4) is 0 Å². The third-order valence-corrected chi connectivity index (χ3v) is 5.48. The fraction of sp³-hybridized carbons (Fsp3) is 0.632. The van der Waals surface area contributed by atoms with Crippen LogP contribution >= 0.6 is 0 Å². The van der Waals surface area contributed by atoms with Crippen molar-refractivity contribution in [2.45, 2.75) is 71.4 Å². The molecule has 0 bridgehead atoms. The van der Waals surface area contributed by atoms with Gasteiger partial charge in [-0.1, -0.05) is 0 Å². The third-order valence-electron chi connectivity index (χ3n) is 5.48. The lowest BCUT2D eigenvalue weighted by molar-refractivity contribution is -0.00712. The van der Waals surface area contributed by atoms with E-state index in [-0.39, 0.29) is 24.2 Å². The molecule has 2 aromatic heterocycles. The molecule has 1 aliphatic heterocycles. The summed E-state index contributed by atoms with van der Waals surface area (Å²) in [5.41, 5.74) is 2.70. The highest BCUT2D eigenvalue weighted by Gasteiger charge is 2.35. The second-order valence-corrected chi connectivity index (χ2v) is 7.56. The molecule has 26 heavy (non-hydrogen) atoms. The van der Waals surface area contributed by atoms with E-state index in [1.54, 1.807) is 6.20 Å². The van der Waals surface area contributed by atoms with Gasteiger partial charge in [0.15, 0.2) is 0 Å². The highest BCUT2D eigenvalue weighted by atomic mass is 16.5. The van der Waals surface area contributed by atoms with Crippen LogP contribution < -0.4 is 5.32 Å². The molecule has 1 saturated carbocycles. The second-order valence-electron chi connectivity index (χ2n) is 7.56. The number of nitrogens with zero attached hydrogens (tertiary/aromatic N) is 4. The van der Waals surface area contributed by atoms with E-state index in [1.807, 2.05) is 35.5 Å². The Labute approximate surface area is 153 Å². The number of ether oxygens (including phenoxy) is 1. The van der Waals surface area contributed by atoms with Gasteiger partial charge in [0.2, 0.25) is 0 Å². The summed E-state index contributed by atoms with van der Waals surface area (Å²) >= 11 is 0. The summed E-state index contributed by atoms with van der Waals surface area (Å²) < 4.78 is 9.66. The minimum atomic E-state index is -0.0600. The van der Waals surface area contributed by atoms with Crippen LogP contribution in [-0.2, 0) is 24.2 Å². The van der Waals surface area contributed by atoms with Gasteiger partial charge >= 0.3 is 0 Å². The van der Waals surface area contributed by atoms with Gasteiger partial charge in [0.1, 0.15) is 5.69 Å². The van der Waals surface area contributed by atoms with E-state index < -0.39 is 0 Å². The lowest BCUT2D eigenvalue weighted by Crippen LogP contribution is -2.46.